The van der Waals surface area contributed by atoms with Crippen molar-refractivity contribution in [1.82, 2.24) is 5.32 Å². The number of nitrogens with one attached hydrogen (secondary N) is 1. The molecule has 0 atom stereocenters. The zero-order chi connectivity index (χ0) is 26.7. The molecule has 0 bridgehead atoms. The smallest absolute Gasteiger partial charge is 0.335 e. The van der Waals surface area contributed by atoms with Crippen LogP contribution in [0.25, 0.3) is 6.08 Å². The van der Waals surface area contributed by atoms with Crippen LogP contribution in [0.5, 0.6) is 5.75 Å². The molecule has 0 unspecified atom stereocenters. The van der Waals surface area contributed by atoms with Gasteiger partial charge in [0.05, 0.1) is 15.7 Å². The number of thiocarbonyl (C=S) groups is 1. The number of anilines is 1. The lowest BCUT2D eigenvalue weighted by Gasteiger charge is -2.29. The summed E-state index contributed by atoms with van der Waals surface area (Å²) in [6.45, 7) is 4.40. The van der Waals surface area contributed by atoms with Gasteiger partial charge in [0, 0.05) is 0 Å². The van der Waals surface area contributed by atoms with Gasteiger partial charge in [0.25, 0.3) is 11.8 Å². The third-order valence-corrected chi connectivity index (χ3v) is 6.69. The van der Waals surface area contributed by atoms with Crippen LogP contribution in [0.2, 0.25) is 0 Å². The number of benzene rings is 3. The number of rotatable bonds is 7. The summed E-state index contributed by atoms with van der Waals surface area (Å²) in [6, 6.07) is 19.1. The van der Waals surface area contributed by atoms with Crippen LogP contribution in [0.3, 0.4) is 0 Å². The molecule has 0 aromatic heterocycles. The number of halogens is 1. The number of carboxylic acids is 1. The van der Waals surface area contributed by atoms with Crippen LogP contribution in [0.1, 0.15) is 46.8 Å². The maximum Gasteiger partial charge on any atom is 0.335 e. The van der Waals surface area contributed by atoms with Gasteiger partial charge in [-0.15, -0.1) is 0 Å². The van der Waals surface area contributed by atoms with Crippen molar-refractivity contribution < 1.29 is 24.2 Å². The van der Waals surface area contributed by atoms with Crippen LogP contribution >= 0.6 is 28.1 Å². The van der Waals surface area contributed by atoms with E-state index in [1.54, 1.807) is 30.3 Å². The van der Waals surface area contributed by atoms with Gasteiger partial charge < -0.3 is 9.84 Å². The minimum absolute atomic E-state index is 0.0331. The van der Waals surface area contributed by atoms with Gasteiger partial charge in [0.15, 0.2) is 5.11 Å². The Morgan fingerprint density at radius 3 is 2.35 bits per heavy atom. The molecule has 1 aliphatic rings. The van der Waals surface area contributed by atoms with Crippen molar-refractivity contribution in [3.05, 3.63) is 99.0 Å². The van der Waals surface area contributed by atoms with Crippen molar-refractivity contribution in [3.8, 4) is 5.75 Å². The van der Waals surface area contributed by atoms with Gasteiger partial charge in [-0.05, 0) is 93.2 Å². The average molecular weight is 579 g/mol. The molecule has 1 heterocycles. The first kappa shape index (κ1) is 26.2. The number of ether oxygens (including phenoxy) is 1. The molecule has 3 aromatic rings. The molecule has 2 N–H and O–H groups in total. The summed E-state index contributed by atoms with van der Waals surface area (Å²) < 4.78 is 6.47. The quantitative estimate of drug-likeness (QED) is 0.213. The largest absolute Gasteiger partial charge is 0.488 e. The van der Waals surface area contributed by atoms with Gasteiger partial charge in [0.2, 0.25) is 0 Å². The summed E-state index contributed by atoms with van der Waals surface area (Å²) in [6.07, 6.45) is 1.51. The minimum atomic E-state index is -0.987. The van der Waals surface area contributed by atoms with E-state index in [4.69, 9.17) is 22.1 Å². The molecule has 1 aliphatic heterocycles. The first-order chi connectivity index (χ1) is 17.6. The van der Waals surface area contributed by atoms with E-state index in [9.17, 15) is 14.4 Å². The average Bonchev–Trinajstić information content (AvgIpc) is 2.86. The fourth-order valence-corrected chi connectivity index (χ4v) is 4.49. The topological polar surface area (TPSA) is 95.9 Å². The number of nitrogens with zero attached hydrogens (tertiary/aromatic N) is 1. The van der Waals surface area contributed by atoms with E-state index in [0.29, 0.717) is 27.4 Å². The third-order valence-electron chi connectivity index (χ3n) is 5.78. The first-order valence-electron chi connectivity index (χ1n) is 11.4. The lowest BCUT2D eigenvalue weighted by molar-refractivity contribution is -0.122. The molecular weight excluding hydrogens is 556 g/mol. The van der Waals surface area contributed by atoms with E-state index >= 15 is 0 Å². The highest BCUT2D eigenvalue weighted by molar-refractivity contribution is 9.10. The van der Waals surface area contributed by atoms with Gasteiger partial charge >= 0.3 is 5.97 Å². The molecule has 37 heavy (non-hydrogen) atoms. The van der Waals surface area contributed by atoms with Gasteiger partial charge in [-0.25, -0.2) is 4.79 Å². The molecule has 3 aromatic carbocycles. The van der Waals surface area contributed by atoms with Crippen LogP contribution in [0.4, 0.5) is 5.69 Å². The standard InChI is InChI=1S/C28H23BrN2O5S/c1-16(2)19-8-10-21(11-9-19)31-26(33)22(25(32)30-28(31)37)13-18-5-12-24(23(29)14-18)36-15-17-3-6-20(7-4-17)27(34)35/h3-14,16H,15H2,1-2H3,(H,34,35)(H,30,32,37). The lowest BCUT2D eigenvalue weighted by atomic mass is 10.0. The number of hydrogen-bond acceptors (Lipinski definition) is 5. The Labute approximate surface area is 227 Å². The van der Waals surface area contributed by atoms with E-state index in [0.717, 1.165) is 11.1 Å². The predicted molar refractivity (Wildman–Crippen MR) is 149 cm³/mol. The van der Waals surface area contributed by atoms with Crippen LogP contribution in [-0.2, 0) is 16.2 Å². The van der Waals surface area contributed by atoms with Crippen LogP contribution in [-0.4, -0.2) is 28.0 Å². The van der Waals surface area contributed by atoms with Crippen LogP contribution in [0.15, 0.2) is 76.8 Å². The second-order valence-electron chi connectivity index (χ2n) is 8.68. The number of carboxylic acid groups (broad SMARTS) is 1. The van der Waals surface area contributed by atoms with Crippen molar-refractivity contribution in [2.45, 2.75) is 26.4 Å². The van der Waals surface area contributed by atoms with Gasteiger partial charge in [-0.2, -0.15) is 0 Å². The molecule has 7 nitrogen and oxygen atoms in total. The van der Waals surface area contributed by atoms with Crippen molar-refractivity contribution in [2.75, 3.05) is 4.90 Å². The van der Waals surface area contributed by atoms with E-state index in [1.807, 2.05) is 24.3 Å². The molecule has 4 rings (SSSR count). The van der Waals surface area contributed by atoms with Crippen molar-refractivity contribution in [2.24, 2.45) is 0 Å². The maximum absolute atomic E-state index is 13.3. The Kier molecular flexibility index (Phi) is 7.85. The number of hydrogen-bond donors (Lipinski definition) is 2. The maximum atomic E-state index is 13.3. The Morgan fingerprint density at radius 1 is 1.08 bits per heavy atom. The second kappa shape index (κ2) is 11.1. The molecular formula is C28H23BrN2O5S. The minimum Gasteiger partial charge on any atom is -0.488 e. The monoisotopic (exact) mass is 578 g/mol. The Bertz CT molecular complexity index is 1420. The van der Waals surface area contributed by atoms with E-state index < -0.39 is 17.8 Å². The summed E-state index contributed by atoms with van der Waals surface area (Å²) in [5, 5.41) is 11.6. The zero-order valence-electron chi connectivity index (χ0n) is 20.0. The molecule has 2 amide bonds. The number of aromatic carboxylic acids is 1. The van der Waals surface area contributed by atoms with Crippen molar-refractivity contribution in [3.63, 3.8) is 0 Å². The van der Waals surface area contributed by atoms with Crippen molar-refractivity contribution >= 4 is 62.8 Å². The molecule has 0 saturated carbocycles. The second-order valence-corrected chi connectivity index (χ2v) is 9.93. The zero-order valence-corrected chi connectivity index (χ0v) is 22.4. The molecule has 1 saturated heterocycles. The highest BCUT2D eigenvalue weighted by Gasteiger charge is 2.34. The molecule has 0 radical (unpaired) electrons. The molecule has 188 valence electrons. The fourth-order valence-electron chi connectivity index (χ4n) is 3.70. The Morgan fingerprint density at radius 2 is 1.76 bits per heavy atom. The Hall–Kier alpha value is -3.82. The summed E-state index contributed by atoms with van der Waals surface area (Å²) in [5.74, 6) is -1.16. The highest BCUT2D eigenvalue weighted by atomic mass is 79.9. The SMILES string of the molecule is CC(C)c1ccc(N2C(=O)C(=Cc3ccc(OCc4ccc(C(=O)O)cc4)c(Br)c3)C(=O)NC2=S)cc1. The van der Waals surface area contributed by atoms with Crippen LogP contribution in [0, 0.1) is 0 Å². The number of carbonyl (C=O) groups is 3. The summed E-state index contributed by atoms with van der Waals surface area (Å²) in [5.41, 5.74) is 3.29. The van der Waals surface area contributed by atoms with E-state index in [1.165, 1.54) is 23.1 Å². The third kappa shape index (κ3) is 5.95. The summed E-state index contributed by atoms with van der Waals surface area (Å²) in [4.78, 5) is 38.2. The highest BCUT2D eigenvalue weighted by Crippen LogP contribution is 2.29. The predicted octanol–water partition coefficient (Wildman–Crippen LogP) is 5.68. The first-order valence-corrected chi connectivity index (χ1v) is 12.6. The van der Waals surface area contributed by atoms with Gasteiger partial charge in [-0.1, -0.05) is 44.2 Å². The normalized spacial score (nSPS) is 14.8. The molecule has 0 aliphatic carbocycles. The van der Waals surface area contributed by atoms with Crippen molar-refractivity contribution in [1.29, 1.82) is 0 Å². The molecule has 9 heteroatoms. The summed E-state index contributed by atoms with van der Waals surface area (Å²) >= 11 is 8.76. The van der Waals surface area contributed by atoms with E-state index in [-0.39, 0.29) is 22.9 Å². The number of carbonyl (C=O) groups excluding carboxylic acids is 2. The van der Waals surface area contributed by atoms with Gasteiger partial charge in [-0.3, -0.25) is 19.8 Å². The molecule has 0 spiro atoms. The van der Waals surface area contributed by atoms with E-state index in [2.05, 4.69) is 35.1 Å². The molecule has 1 fully saturated rings. The van der Waals surface area contributed by atoms with Gasteiger partial charge in [0.1, 0.15) is 17.9 Å². The number of amides is 2. The lowest BCUT2D eigenvalue weighted by Crippen LogP contribution is -2.54. The fraction of sp³-hybridized carbons (Fsp3) is 0.143. The summed E-state index contributed by atoms with van der Waals surface area (Å²) in [7, 11) is 0. The van der Waals surface area contributed by atoms with Crippen LogP contribution < -0.4 is 15.0 Å². The Balaban J connectivity index is 1.52.